The number of benzene rings is 2. The molecule has 0 spiro atoms. The second kappa shape index (κ2) is 9.65. The second-order valence-corrected chi connectivity index (χ2v) is 9.53. The molecule has 7 nitrogen and oxygen atoms in total. The third kappa shape index (κ3) is 5.53. The normalized spacial score (nSPS) is 15.5. The van der Waals surface area contributed by atoms with Crippen LogP contribution in [0.3, 0.4) is 0 Å². The summed E-state index contributed by atoms with van der Waals surface area (Å²) in [7, 11) is 0. The average molecular weight is 453 g/mol. The van der Waals surface area contributed by atoms with Crippen molar-refractivity contribution in [1.29, 1.82) is 0 Å². The number of amides is 2. The first-order chi connectivity index (χ1) is 15.5. The Hall–Kier alpha value is -3.35. The third-order valence-corrected chi connectivity index (χ3v) is 6.04. The van der Waals surface area contributed by atoms with Gasteiger partial charge < -0.3 is 20.5 Å². The van der Waals surface area contributed by atoms with Crippen molar-refractivity contribution < 1.29 is 23.9 Å². The summed E-state index contributed by atoms with van der Waals surface area (Å²) in [5.41, 5.74) is 9.10. The summed E-state index contributed by atoms with van der Waals surface area (Å²) in [6.07, 6.45) is -0.753. The van der Waals surface area contributed by atoms with Crippen LogP contribution >= 0.6 is 0 Å². The van der Waals surface area contributed by atoms with Crippen LogP contribution in [0.2, 0.25) is 0 Å². The Morgan fingerprint density at radius 1 is 0.970 bits per heavy atom. The highest BCUT2D eigenvalue weighted by Gasteiger charge is 2.36. The number of carbonyl (C=O) groups is 3. The number of hydrogen-bond acceptors (Lipinski definition) is 5. The number of ether oxygens (including phenoxy) is 2. The molecule has 0 aromatic heterocycles. The van der Waals surface area contributed by atoms with Crippen molar-refractivity contribution in [2.24, 2.45) is 17.6 Å². The Kier molecular flexibility index (Phi) is 7.10. The van der Waals surface area contributed by atoms with Gasteiger partial charge in [0.05, 0.1) is 0 Å². The SMILES string of the molecule is C[C@H]([C@H](NC(=O)OCC1c2ccccc2-c2ccccc21)C(=O)OC(C)(C)C)[C@@H](C)C(N)=O. The molecule has 2 aromatic rings. The van der Waals surface area contributed by atoms with Crippen LogP contribution in [0, 0.1) is 11.8 Å². The molecular weight excluding hydrogens is 420 g/mol. The Bertz CT molecular complexity index is 997. The maximum Gasteiger partial charge on any atom is 0.407 e. The number of nitrogens with two attached hydrogens (primary N) is 1. The van der Waals surface area contributed by atoms with Gasteiger partial charge in [0, 0.05) is 11.8 Å². The van der Waals surface area contributed by atoms with Gasteiger partial charge in [-0.1, -0.05) is 62.4 Å². The van der Waals surface area contributed by atoms with Crippen molar-refractivity contribution in [3.63, 3.8) is 0 Å². The number of primary amides is 1. The predicted octanol–water partition coefficient (Wildman–Crippen LogP) is 3.99. The van der Waals surface area contributed by atoms with Crippen LogP contribution < -0.4 is 11.1 Å². The number of fused-ring (bicyclic) bond motifs is 3. The molecular formula is C26H32N2O5. The predicted molar refractivity (Wildman–Crippen MR) is 125 cm³/mol. The average Bonchev–Trinajstić information content (AvgIpc) is 3.07. The second-order valence-electron chi connectivity index (χ2n) is 9.53. The quantitative estimate of drug-likeness (QED) is 0.618. The van der Waals surface area contributed by atoms with Crippen LogP contribution in [0.15, 0.2) is 48.5 Å². The Morgan fingerprint density at radius 3 is 1.97 bits per heavy atom. The van der Waals surface area contributed by atoms with Gasteiger partial charge >= 0.3 is 12.1 Å². The van der Waals surface area contributed by atoms with Crippen molar-refractivity contribution in [2.45, 2.75) is 52.2 Å². The minimum absolute atomic E-state index is 0.106. The maximum absolute atomic E-state index is 12.8. The van der Waals surface area contributed by atoms with Gasteiger partial charge in [-0.05, 0) is 48.9 Å². The van der Waals surface area contributed by atoms with Crippen LogP contribution in [0.1, 0.15) is 51.7 Å². The highest BCUT2D eigenvalue weighted by atomic mass is 16.6. The van der Waals surface area contributed by atoms with E-state index in [2.05, 4.69) is 17.4 Å². The van der Waals surface area contributed by atoms with E-state index < -0.39 is 41.4 Å². The van der Waals surface area contributed by atoms with Gasteiger partial charge in [-0.15, -0.1) is 0 Å². The van der Waals surface area contributed by atoms with Crippen molar-refractivity contribution in [1.82, 2.24) is 5.32 Å². The standard InChI is InChI=1S/C26H32N2O5/c1-15(16(2)23(27)29)22(24(30)33-26(3,4)5)28-25(31)32-14-21-19-12-8-6-10-17(19)18-11-7-9-13-20(18)21/h6-13,15-16,21-22H,14H2,1-5H3,(H2,27,29)(H,28,31)/t15-,16+,22-/m0/s1. The molecule has 3 rings (SSSR count). The van der Waals surface area contributed by atoms with Gasteiger partial charge in [-0.3, -0.25) is 4.79 Å². The van der Waals surface area contributed by atoms with E-state index >= 15 is 0 Å². The lowest BCUT2D eigenvalue weighted by Crippen LogP contribution is -2.51. The van der Waals surface area contributed by atoms with Gasteiger partial charge in [-0.2, -0.15) is 0 Å². The molecule has 0 heterocycles. The smallest absolute Gasteiger partial charge is 0.407 e. The lowest BCUT2D eigenvalue weighted by atomic mass is 9.88. The monoisotopic (exact) mass is 452 g/mol. The summed E-state index contributed by atoms with van der Waals surface area (Å²) in [4.78, 5) is 37.2. The molecule has 1 aliphatic carbocycles. The molecule has 0 aliphatic heterocycles. The number of hydrogen-bond donors (Lipinski definition) is 2. The molecule has 0 saturated heterocycles. The first kappa shape index (κ1) is 24.3. The summed E-state index contributed by atoms with van der Waals surface area (Å²) in [5, 5.41) is 2.60. The highest BCUT2D eigenvalue weighted by Crippen LogP contribution is 2.44. The molecule has 0 fully saturated rings. The van der Waals surface area contributed by atoms with E-state index in [1.54, 1.807) is 34.6 Å². The molecule has 3 atom stereocenters. The number of rotatable bonds is 7. The molecule has 1 aliphatic rings. The van der Waals surface area contributed by atoms with Gasteiger partial charge in [0.15, 0.2) is 0 Å². The van der Waals surface area contributed by atoms with E-state index in [0.29, 0.717) is 0 Å². The Morgan fingerprint density at radius 2 is 1.48 bits per heavy atom. The molecule has 2 aromatic carbocycles. The van der Waals surface area contributed by atoms with E-state index in [1.807, 2.05) is 36.4 Å². The molecule has 0 unspecified atom stereocenters. The number of carbonyl (C=O) groups excluding carboxylic acids is 3. The van der Waals surface area contributed by atoms with E-state index in [-0.39, 0.29) is 12.5 Å². The van der Waals surface area contributed by atoms with Crippen LogP contribution in [-0.2, 0) is 19.1 Å². The van der Waals surface area contributed by atoms with Gasteiger partial charge in [0.1, 0.15) is 18.2 Å². The van der Waals surface area contributed by atoms with E-state index in [1.165, 1.54) is 0 Å². The topological polar surface area (TPSA) is 108 Å². The number of nitrogens with one attached hydrogen (secondary N) is 1. The van der Waals surface area contributed by atoms with E-state index in [9.17, 15) is 14.4 Å². The summed E-state index contributed by atoms with van der Waals surface area (Å²) in [6.45, 7) is 8.60. The van der Waals surface area contributed by atoms with E-state index in [0.717, 1.165) is 22.3 Å². The molecule has 7 heteroatoms. The fourth-order valence-corrected chi connectivity index (χ4v) is 4.09. The van der Waals surface area contributed by atoms with Crippen molar-refractivity contribution in [3.8, 4) is 11.1 Å². The van der Waals surface area contributed by atoms with Crippen LogP contribution in [-0.4, -0.2) is 36.2 Å². The molecule has 33 heavy (non-hydrogen) atoms. The zero-order chi connectivity index (χ0) is 24.3. The van der Waals surface area contributed by atoms with Crippen molar-refractivity contribution in [2.75, 3.05) is 6.61 Å². The highest BCUT2D eigenvalue weighted by molar-refractivity contribution is 5.84. The Balaban J connectivity index is 1.74. The summed E-state index contributed by atoms with van der Waals surface area (Å²) in [5.74, 6) is -2.55. The summed E-state index contributed by atoms with van der Waals surface area (Å²) < 4.78 is 11.0. The van der Waals surface area contributed by atoms with E-state index in [4.69, 9.17) is 15.2 Å². The van der Waals surface area contributed by atoms with Crippen molar-refractivity contribution in [3.05, 3.63) is 59.7 Å². The first-order valence-electron chi connectivity index (χ1n) is 11.1. The van der Waals surface area contributed by atoms with Crippen LogP contribution in [0.25, 0.3) is 11.1 Å². The van der Waals surface area contributed by atoms with Crippen LogP contribution in [0.5, 0.6) is 0 Å². The molecule has 2 amide bonds. The molecule has 0 bridgehead atoms. The van der Waals surface area contributed by atoms with Gasteiger partial charge in [0.2, 0.25) is 5.91 Å². The van der Waals surface area contributed by atoms with Crippen LogP contribution in [0.4, 0.5) is 4.79 Å². The molecule has 0 radical (unpaired) electrons. The number of esters is 1. The largest absolute Gasteiger partial charge is 0.458 e. The van der Waals surface area contributed by atoms with Gasteiger partial charge in [0.25, 0.3) is 0 Å². The maximum atomic E-state index is 12.8. The first-order valence-corrected chi connectivity index (χ1v) is 11.1. The molecule has 176 valence electrons. The zero-order valence-electron chi connectivity index (χ0n) is 19.8. The lowest BCUT2D eigenvalue weighted by Gasteiger charge is -2.29. The summed E-state index contributed by atoms with van der Waals surface area (Å²) >= 11 is 0. The lowest BCUT2D eigenvalue weighted by molar-refractivity contribution is -0.159. The Labute approximate surface area is 194 Å². The fourth-order valence-electron chi connectivity index (χ4n) is 4.09. The zero-order valence-corrected chi connectivity index (χ0v) is 19.8. The fraction of sp³-hybridized carbons (Fsp3) is 0.423. The molecule has 0 saturated carbocycles. The minimum atomic E-state index is -1.08. The van der Waals surface area contributed by atoms with Gasteiger partial charge in [-0.25, -0.2) is 9.59 Å². The molecule has 3 N–H and O–H groups in total. The number of alkyl carbamates (subject to hydrolysis) is 1. The van der Waals surface area contributed by atoms with Crippen molar-refractivity contribution >= 4 is 18.0 Å². The minimum Gasteiger partial charge on any atom is -0.458 e. The third-order valence-electron chi connectivity index (χ3n) is 6.04. The summed E-state index contributed by atoms with van der Waals surface area (Å²) in [6, 6.07) is 15.0.